The Hall–Kier alpha value is -2.65. The zero-order chi connectivity index (χ0) is 24.1. The van der Waals surface area contributed by atoms with Gasteiger partial charge in [-0.3, -0.25) is 13.9 Å². The summed E-state index contributed by atoms with van der Waals surface area (Å²) in [5.74, 6) is -1.65. The van der Waals surface area contributed by atoms with Crippen molar-refractivity contribution in [2.75, 3.05) is 23.7 Å². The second kappa shape index (κ2) is 10.8. The van der Waals surface area contributed by atoms with Gasteiger partial charge in [-0.05, 0) is 44.5 Å². The molecule has 0 fully saturated rings. The number of sulfonamides is 1. The second-order valence-electron chi connectivity index (χ2n) is 7.45. The minimum absolute atomic E-state index is 0.0493. The quantitative estimate of drug-likeness (QED) is 0.593. The summed E-state index contributed by atoms with van der Waals surface area (Å²) in [5, 5.41) is 2.41. The fraction of sp³-hybridized carbons (Fsp3) is 0.364. The number of nitrogens with zero attached hydrogens (tertiary/aromatic N) is 2. The molecule has 0 aliphatic carbocycles. The van der Waals surface area contributed by atoms with Crippen LogP contribution in [0.25, 0.3) is 0 Å². The maximum Gasteiger partial charge on any atom is 0.244 e. The van der Waals surface area contributed by atoms with Crippen molar-refractivity contribution in [2.45, 2.75) is 33.4 Å². The predicted molar refractivity (Wildman–Crippen MR) is 123 cm³/mol. The number of rotatable bonds is 9. The van der Waals surface area contributed by atoms with Crippen LogP contribution in [0.2, 0.25) is 5.02 Å². The van der Waals surface area contributed by atoms with Crippen LogP contribution in [-0.2, 0) is 26.2 Å². The summed E-state index contributed by atoms with van der Waals surface area (Å²) in [6, 6.07) is 10.0. The fourth-order valence-corrected chi connectivity index (χ4v) is 4.06. The monoisotopic (exact) mass is 483 g/mol. The lowest BCUT2D eigenvalue weighted by Gasteiger charge is -2.31. The number of anilines is 1. The zero-order valence-electron chi connectivity index (χ0n) is 18.4. The first-order valence-electron chi connectivity index (χ1n) is 9.99. The van der Waals surface area contributed by atoms with Crippen molar-refractivity contribution in [3.05, 3.63) is 64.4 Å². The van der Waals surface area contributed by atoms with Crippen molar-refractivity contribution in [3.8, 4) is 0 Å². The molecule has 0 bridgehead atoms. The first-order chi connectivity index (χ1) is 14.9. The highest BCUT2D eigenvalue weighted by molar-refractivity contribution is 7.92. The SMILES string of the molecule is CCNC(=O)[C@@H](C)N(Cc1ccc(C)cc1)C(=O)CN(c1ccc(F)c(Cl)c1)S(C)(=O)=O. The Kier molecular flexibility index (Phi) is 8.63. The Labute approximate surface area is 193 Å². The van der Waals surface area contributed by atoms with Crippen LogP contribution in [0.1, 0.15) is 25.0 Å². The van der Waals surface area contributed by atoms with Gasteiger partial charge in [-0.15, -0.1) is 0 Å². The van der Waals surface area contributed by atoms with Gasteiger partial charge in [0.15, 0.2) is 0 Å². The molecule has 7 nitrogen and oxygen atoms in total. The maximum atomic E-state index is 13.6. The van der Waals surface area contributed by atoms with Gasteiger partial charge in [-0.25, -0.2) is 12.8 Å². The molecule has 0 unspecified atom stereocenters. The lowest BCUT2D eigenvalue weighted by Crippen LogP contribution is -2.51. The van der Waals surface area contributed by atoms with Crippen molar-refractivity contribution in [1.82, 2.24) is 10.2 Å². The maximum absolute atomic E-state index is 13.6. The molecule has 0 spiro atoms. The Bertz CT molecular complexity index is 1080. The van der Waals surface area contributed by atoms with Crippen LogP contribution in [0, 0.1) is 12.7 Å². The predicted octanol–water partition coefficient (Wildman–Crippen LogP) is 3.11. The summed E-state index contributed by atoms with van der Waals surface area (Å²) in [6.45, 7) is 5.20. The van der Waals surface area contributed by atoms with Gasteiger partial charge in [-0.2, -0.15) is 0 Å². The molecular formula is C22H27ClFN3O4S. The number of likely N-dealkylation sites (N-methyl/N-ethyl adjacent to an activating group) is 1. The summed E-state index contributed by atoms with van der Waals surface area (Å²) < 4.78 is 39.3. The van der Waals surface area contributed by atoms with Crippen LogP contribution in [-0.4, -0.2) is 50.5 Å². The molecule has 2 rings (SSSR count). The number of amides is 2. The molecule has 0 aliphatic heterocycles. The normalized spacial score (nSPS) is 12.2. The number of hydrogen-bond acceptors (Lipinski definition) is 4. The summed E-state index contributed by atoms with van der Waals surface area (Å²) >= 11 is 5.81. The number of carbonyl (C=O) groups excluding carboxylic acids is 2. The van der Waals surface area contributed by atoms with Gasteiger partial charge in [0, 0.05) is 13.1 Å². The molecule has 0 aromatic heterocycles. The van der Waals surface area contributed by atoms with Gasteiger partial charge in [0.1, 0.15) is 18.4 Å². The van der Waals surface area contributed by atoms with Crippen LogP contribution in [0.15, 0.2) is 42.5 Å². The molecule has 1 atom stereocenters. The summed E-state index contributed by atoms with van der Waals surface area (Å²) in [7, 11) is -3.91. The van der Waals surface area contributed by atoms with E-state index in [9.17, 15) is 22.4 Å². The van der Waals surface area contributed by atoms with Crippen LogP contribution >= 0.6 is 11.6 Å². The second-order valence-corrected chi connectivity index (χ2v) is 9.76. The molecule has 0 aliphatic rings. The molecule has 10 heteroatoms. The van der Waals surface area contributed by atoms with Crippen molar-refractivity contribution in [2.24, 2.45) is 0 Å². The molecule has 174 valence electrons. The topological polar surface area (TPSA) is 86.8 Å². The molecule has 2 aromatic carbocycles. The fourth-order valence-electron chi connectivity index (χ4n) is 3.05. The van der Waals surface area contributed by atoms with Crippen LogP contribution in [0.3, 0.4) is 0 Å². The van der Waals surface area contributed by atoms with Gasteiger partial charge in [0.25, 0.3) is 0 Å². The third kappa shape index (κ3) is 6.67. The van der Waals surface area contributed by atoms with E-state index in [0.717, 1.165) is 33.8 Å². The highest BCUT2D eigenvalue weighted by atomic mass is 35.5. The van der Waals surface area contributed by atoms with E-state index in [1.54, 1.807) is 13.8 Å². The van der Waals surface area contributed by atoms with Gasteiger partial charge in [0.05, 0.1) is 17.0 Å². The lowest BCUT2D eigenvalue weighted by atomic mass is 10.1. The average molecular weight is 484 g/mol. The molecule has 32 heavy (non-hydrogen) atoms. The largest absolute Gasteiger partial charge is 0.355 e. The van der Waals surface area contributed by atoms with Crippen LogP contribution in [0.5, 0.6) is 0 Å². The Balaban J connectivity index is 2.39. The van der Waals surface area contributed by atoms with Gasteiger partial charge >= 0.3 is 0 Å². The molecule has 1 N–H and O–H groups in total. The average Bonchev–Trinajstić information content (AvgIpc) is 2.72. The van der Waals surface area contributed by atoms with Crippen molar-refractivity contribution in [3.63, 3.8) is 0 Å². The number of halogens is 2. The number of hydrogen-bond donors (Lipinski definition) is 1. The number of aryl methyl sites for hydroxylation is 1. The minimum Gasteiger partial charge on any atom is -0.355 e. The minimum atomic E-state index is -3.91. The number of carbonyl (C=O) groups is 2. The van der Waals surface area contributed by atoms with Crippen LogP contribution in [0.4, 0.5) is 10.1 Å². The summed E-state index contributed by atoms with van der Waals surface area (Å²) in [5.41, 5.74) is 1.88. The number of benzene rings is 2. The molecular weight excluding hydrogens is 457 g/mol. The molecule has 0 heterocycles. The van der Waals surface area contributed by atoms with E-state index < -0.39 is 34.3 Å². The van der Waals surface area contributed by atoms with Crippen molar-refractivity contribution in [1.29, 1.82) is 0 Å². The third-order valence-electron chi connectivity index (χ3n) is 4.86. The lowest BCUT2D eigenvalue weighted by molar-refractivity contribution is -0.139. The Morgan fingerprint density at radius 1 is 1.16 bits per heavy atom. The Morgan fingerprint density at radius 2 is 1.78 bits per heavy atom. The summed E-state index contributed by atoms with van der Waals surface area (Å²) in [6.07, 6.45) is 0.940. The highest BCUT2D eigenvalue weighted by Gasteiger charge is 2.30. The zero-order valence-corrected chi connectivity index (χ0v) is 20.0. The smallest absolute Gasteiger partial charge is 0.244 e. The van der Waals surface area contributed by atoms with E-state index in [4.69, 9.17) is 11.6 Å². The van der Waals surface area contributed by atoms with Crippen molar-refractivity contribution < 1.29 is 22.4 Å². The molecule has 0 radical (unpaired) electrons. The molecule has 0 saturated heterocycles. The van der Waals surface area contributed by atoms with E-state index in [0.29, 0.717) is 6.54 Å². The van der Waals surface area contributed by atoms with E-state index in [-0.39, 0.29) is 23.2 Å². The standard InChI is InChI=1S/C22H27ClFN3O4S/c1-5-25-22(29)16(3)26(13-17-8-6-15(2)7-9-17)21(28)14-27(32(4,30)31)18-10-11-20(24)19(23)12-18/h6-12,16H,5,13-14H2,1-4H3,(H,25,29)/t16-/m1/s1. The first-order valence-corrected chi connectivity index (χ1v) is 12.2. The van der Waals surface area contributed by atoms with E-state index in [1.807, 2.05) is 31.2 Å². The number of nitrogens with one attached hydrogen (secondary N) is 1. The van der Waals surface area contributed by atoms with Crippen LogP contribution < -0.4 is 9.62 Å². The third-order valence-corrected chi connectivity index (χ3v) is 6.29. The van der Waals surface area contributed by atoms with E-state index >= 15 is 0 Å². The molecule has 0 saturated carbocycles. The highest BCUT2D eigenvalue weighted by Crippen LogP contribution is 2.25. The van der Waals surface area contributed by atoms with E-state index in [1.165, 1.54) is 11.0 Å². The van der Waals surface area contributed by atoms with Gasteiger partial charge < -0.3 is 10.2 Å². The summed E-state index contributed by atoms with van der Waals surface area (Å²) in [4.78, 5) is 27.1. The molecule has 2 amide bonds. The van der Waals surface area contributed by atoms with E-state index in [2.05, 4.69) is 5.32 Å². The van der Waals surface area contributed by atoms with Gasteiger partial charge in [0.2, 0.25) is 21.8 Å². The van der Waals surface area contributed by atoms with Gasteiger partial charge in [-0.1, -0.05) is 41.4 Å². The van der Waals surface area contributed by atoms with Crippen molar-refractivity contribution >= 4 is 39.1 Å². The molecule has 2 aromatic rings. The Morgan fingerprint density at radius 3 is 2.31 bits per heavy atom. The first kappa shape index (κ1) is 25.6.